The second-order valence-electron chi connectivity index (χ2n) is 7.98. The van der Waals surface area contributed by atoms with E-state index in [0.717, 1.165) is 5.56 Å². The van der Waals surface area contributed by atoms with Crippen molar-refractivity contribution in [1.82, 2.24) is 5.32 Å². The first-order valence-electron chi connectivity index (χ1n) is 10.8. The van der Waals surface area contributed by atoms with Gasteiger partial charge in [-0.1, -0.05) is 54.6 Å². The molecule has 1 aliphatic carbocycles. The zero-order valence-corrected chi connectivity index (χ0v) is 18.1. The normalized spacial score (nSPS) is 12.0. The highest BCUT2D eigenvalue weighted by molar-refractivity contribution is 5.91. The first-order chi connectivity index (χ1) is 15.5. The Morgan fingerprint density at radius 2 is 1.62 bits per heavy atom. The third kappa shape index (κ3) is 4.75. The van der Waals surface area contributed by atoms with Crippen LogP contribution >= 0.6 is 0 Å². The van der Waals surface area contributed by atoms with Crippen molar-refractivity contribution in [1.29, 1.82) is 0 Å². The van der Waals surface area contributed by atoms with E-state index in [1.165, 1.54) is 22.3 Å². The van der Waals surface area contributed by atoms with Crippen molar-refractivity contribution < 1.29 is 14.3 Å². The number of hydrogen-bond acceptors (Lipinski definition) is 4. The summed E-state index contributed by atoms with van der Waals surface area (Å²) in [4.78, 5) is 24.3. The SMILES string of the molecule is Cc1ccc(NC(=O)CCCNC(=O)OCC2c3ccccc3-c3ccccc32)cc1N. The van der Waals surface area contributed by atoms with E-state index in [2.05, 4.69) is 34.9 Å². The molecule has 0 saturated carbocycles. The molecule has 0 aliphatic heterocycles. The van der Waals surface area contributed by atoms with Crippen LogP contribution in [0.25, 0.3) is 11.1 Å². The number of amides is 2. The van der Waals surface area contributed by atoms with Crippen molar-refractivity contribution in [3.05, 3.63) is 83.4 Å². The average Bonchev–Trinajstić information content (AvgIpc) is 3.12. The van der Waals surface area contributed by atoms with Crippen LogP contribution in [0.5, 0.6) is 0 Å². The van der Waals surface area contributed by atoms with Gasteiger partial charge in [0.2, 0.25) is 5.91 Å². The van der Waals surface area contributed by atoms with E-state index in [1.54, 1.807) is 6.07 Å². The minimum absolute atomic E-state index is 0.0286. The van der Waals surface area contributed by atoms with E-state index in [4.69, 9.17) is 10.5 Å². The highest BCUT2D eigenvalue weighted by Crippen LogP contribution is 2.44. The molecule has 6 nitrogen and oxygen atoms in total. The summed E-state index contributed by atoms with van der Waals surface area (Å²) in [6.45, 7) is 2.55. The van der Waals surface area contributed by atoms with Crippen molar-refractivity contribution in [2.75, 3.05) is 24.2 Å². The van der Waals surface area contributed by atoms with E-state index >= 15 is 0 Å². The Bertz CT molecular complexity index is 1100. The zero-order valence-electron chi connectivity index (χ0n) is 18.1. The third-order valence-electron chi connectivity index (χ3n) is 5.76. The number of hydrogen-bond donors (Lipinski definition) is 3. The molecule has 0 atom stereocenters. The summed E-state index contributed by atoms with van der Waals surface area (Å²) in [5.41, 5.74) is 12.9. The molecular formula is C26H27N3O3. The molecular weight excluding hydrogens is 402 g/mol. The van der Waals surface area contributed by atoms with Gasteiger partial charge in [-0.05, 0) is 53.3 Å². The Morgan fingerprint density at radius 1 is 0.969 bits per heavy atom. The molecule has 3 aromatic carbocycles. The molecule has 1 aliphatic rings. The molecule has 2 amide bonds. The van der Waals surface area contributed by atoms with Gasteiger partial charge in [-0.15, -0.1) is 0 Å². The van der Waals surface area contributed by atoms with Crippen LogP contribution in [0.1, 0.15) is 35.4 Å². The predicted octanol–water partition coefficient (Wildman–Crippen LogP) is 4.83. The van der Waals surface area contributed by atoms with Crippen LogP contribution in [0.2, 0.25) is 0 Å². The predicted molar refractivity (Wildman–Crippen MR) is 127 cm³/mol. The number of nitrogens with one attached hydrogen (secondary N) is 2. The van der Waals surface area contributed by atoms with E-state index in [-0.39, 0.29) is 24.9 Å². The maximum Gasteiger partial charge on any atom is 0.407 e. The fraction of sp³-hybridized carbons (Fsp3) is 0.231. The van der Waals surface area contributed by atoms with Gasteiger partial charge in [-0.2, -0.15) is 0 Å². The minimum atomic E-state index is -0.474. The van der Waals surface area contributed by atoms with E-state index in [0.29, 0.717) is 24.3 Å². The van der Waals surface area contributed by atoms with Crippen LogP contribution < -0.4 is 16.4 Å². The smallest absolute Gasteiger partial charge is 0.407 e. The van der Waals surface area contributed by atoms with Gasteiger partial charge in [0, 0.05) is 30.3 Å². The highest BCUT2D eigenvalue weighted by atomic mass is 16.5. The zero-order chi connectivity index (χ0) is 22.5. The van der Waals surface area contributed by atoms with Crippen molar-refractivity contribution in [3.63, 3.8) is 0 Å². The Hall–Kier alpha value is -3.80. The summed E-state index contributed by atoms with van der Waals surface area (Å²) in [6, 6.07) is 21.9. The Labute approximate surface area is 187 Å². The molecule has 0 unspecified atom stereocenters. The summed E-state index contributed by atoms with van der Waals surface area (Å²) >= 11 is 0. The monoisotopic (exact) mass is 429 g/mol. The number of fused-ring (bicyclic) bond motifs is 3. The van der Waals surface area contributed by atoms with Crippen molar-refractivity contribution in [3.8, 4) is 11.1 Å². The molecule has 0 aromatic heterocycles. The summed E-state index contributed by atoms with van der Waals surface area (Å²) < 4.78 is 5.50. The summed E-state index contributed by atoms with van der Waals surface area (Å²) in [5, 5.41) is 5.55. The maximum absolute atomic E-state index is 12.2. The van der Waals surface area contributed by atoms with Gasteiger partial charge in [0.25, 0.3) is 0 Å². The second kappa shape index (κ2) is 9.56. The van der Waals surface area contributed by atoms with Gasteiger partial charge in [0.05, 0.1) is 0 Å². The number of anilines is 2. The molecule has 0 saturated heterocycles. The van der Waals surface area contributed by atoms with Gasteiger partial charge in [-0.3, -0.25) is 4.79 Å². The largest absolute Gasteiger partial charge is 0.449 e. The number of aryl methyl sites for hydroxylation is 1. The Kier molecular flexibility index (Phi) is 6.40. The van der Waals surface area contributed by atoms with Gasteiger partial charge >= 0.3 is 6.09 Å². The topological polar surface area (TPSA) is 93.5 Å². The van der Waals surface area contributed by atoms with Gasteiger partial charge < -0.3 is 21.1 Å². The van der Waals surface area contributed by atoms with Crippen LogP contribution in [0.3, 0.4) is 0 Å². The molecule has 32 heavy (non-hydrogen) atoms. The van der Waals surface area contributed by atoms with Crippen LogP contribution in [-0.2, 0) is 9.53 Å². The molecule has 4 rings (SSSR count). The van der Waals surface area contributed by atoms with Crippen molar-refractivity contribution in [2.24, 2.45) is 0 Å². The molecule has 3 aromatic rings. The maximum atomic E-state index is 12.2. The molecule has 0 bridgehead atoms. The molecule has 0 heterocycles. The summed E-state index contributed by atoms with van der Waals surface area (Å²) in [7, 11) is 0. The number of alkyl carbamates (subject to hydrolysis) is 1. The number of nitrogen functional groups attached to an aromatic ring is 1. The Morgan fingerprint density at radius 3 is 2.28 bits per heavy atom. The lowest BCUT2D eigenvalue weighted by Crippen LogP contribution is -2.27. The van der Waals surface area contributed by atoms with Crippen molar-refractivity contribution >= 4 is 23.4 Å². The lowest BCUT2D eigenvalue weighted by Gasteiger charge is -2.14. The number of rotatable bonds is 7. The Balaban J connectivity index is 1.21. The van der Waals surface area contributed by atoms with Crippen molar-refractivity contribution in [2.45, 2.75) is 25.7 Å². The van der Waals surface area contributed by atoms with Crippen LogP contribution in [-0.4, -0.2) is 25.2 Å². The number of benzene rings is 3. The van der Waals surface area contributed by atoms with Gasteiger partial charge in [0.15, 0.2) is 0 Å². The molecule has 4 N–H and O–H groups in total. The molecule has 0 fully saturated rings. The van der Waals surface area contributed by atoms with Crippen LogP contribution in [0, 0.1) is 6.92 Å². The molecule has 6 heteroatoms. The molecule has 164 valence electrons. The van der Waals surface area contributed by atoms with Crippen LogP contribution in [0.15, 0.2) is 66.7 Å². The van der Waals surface area contributed by atoms with E-state index in [1.807, 2.05) is 43.3 Å². The number of ether oxygens (including phenoxy) is 1. The standard InChI is InChI=1S/C26H27N3O3/c1-17-12-13-18(15-24(17)27)29-25(30)11-6-14-28-26(31)32-16-23-21-9-4-2-7-19(21)20-8-3-5-10-22(20)23/h2-5,7-10,12-13,15,23H,6,11,14,16,27H2,1H3,(H,28,31)(H,29,30). The first-order valence-corrected chi connectivity index (χ1v) is 10.8. The number of carbonyl (C=O) groups excluding carboxylic acids is 2. The summed E-state index contributed by atoms with van der Waals surface area (Å²) in [5.74, 6) is -0.0940. The average molecular weight is 430 g/mol. The quantitative estimate of drug-likeness (QED) is 0.370. The van der Waals surface area contributed by atoms with E-state index < -0.39 is 6.09 Å². The second-order valence-corrected chi connectivity index (χ2v) is 7.98. The third-order valence-corrected chi connectivity index (χ3v) is 5.76. The number of nitrogens with two attached hydrogens (primary N) is 1. The highest BCUT2D eigenvalue weighted by Gasteiger charge is 2.28. The van der Waals surface area contributed by atoms with Crippen LogP contribution in [0.4, 0.5) is 16.2 Å². The minimum Gasteiger partial charge on any atom is -0.449 e. The fourth-order valence-electron chi connectivity index (χ4n) is 4.03. The molecule has 0 spiro atoms. The molecule has 0 radical (unpaired) electrons. The first kappa shape index (κ1) is 21.4. The fourth-order valence-corrected chi connectivity index (χ4v) is 4.03. The van der Waals surface area contributed by atoms with Gasteiger partial charge in [0.1, 0.15) is 6.61 Å². The van der Waals surface area contributed by atoms with Gasteiger partial charge in [-0.25, -0.2) is 4.79 Å². The number of carbonyl (C=O) groups is 2. The summed E-state index contributed by atoms with van der Waals surface area (Å²) in [6.07, 6.45) is 0.327. The van der Waals surface area contributed by atoms with E-state index in [9.17, 15) is 9.59 Å². The lowest BCUT2D eigenvalue weighted by atomic mass is 9.98. The lowest BCUT2D eigenvalue weighted by molar-refractivity contribution is -0.116.